The van der Waals surface area contributed by atoms with E-state index in [1.54, 1.807) is 0 Å². The quantitative estimate of drug-likeness (QED) is 0.450. The topological polar surface area (TPSA) is 108 Å². The van der Waals surface area contributed by atoms with E-state index in [0.29, 0.717) is 31.5 Å². The minimum Gasteiger partial charge on any atom is -0.872 e. The van der Waals surface area contributed by atoms with Crippen LogP contribution in [0.4, 0.5) is 5.69 Å². The number of carbonyl (C=O) groups is 1. The van der Waals surface area contributed by atoms with E-state index in [1.165, 1.54) is 17.8 Å². The van der Waals surface area contributed by atoms with E-state index in [4.69, 9.17) is 4.74 Å². The number of morpholine rings is 1. The number of rotatable bonds is 2. The van der Waals surface area contributed by atoms with Crippen molar-refractivity contribution in [3.05, 3.63) is 38.8 Å². The molecule has 0 aliphatic carbocycles. The Morgan fingerprint density at radius 1 is 1.35 bits per heavy atom. The molecule has 9 heteroatoms. The summed E-state index contributed by atoms with van der Waals surface area (Å²) in [5.41, 5.74) is -0.0882. The largest absolute Gasteiger partial charge is 0.872 e. The Kier molecular flexibility index (Phi) is 4.30. The first-order valence-corrected chi connectivity index (χ1v) is 7.67. The number of aliphatic imine (C=N–C) groups is 1. The van der Waals surface area contributed by atoms with Crippen LogP contribution in [-0.2, 0) is 9.53 Å². The van der Waals surface area contributed by atoms with Gasteiger partial charge in [0.1, 0.15) is 0 Å². The summed E-state index contributed by atoms with van der Waals surface area (Å²) in [5, 5.41) is 23.2. The van der Waals surface area contributed by atoms with E-state index in [9.17, 15) is 20.0 Å². The maximum absolute atomic E-state index is 12.0. The van der Waals surface area contributed by atoms with Gasteiger partial charge in [0.05, 0.1) is 23.0 Å². The summed E-state index contributed by atoms with van der Waals surface area (Å²) < 4.78 is 5.25. The number of nitrogens with zero attached hydrogens (tertiary/aromatic N) is 3. The van der Waals surface area contributed by atoms with Gasteiger partial charge in [-0.3, -0.25) is 14.9 Å². The van der Waals surface area contributed by atoms with Crippen molar-refractivity contribution in [2.75, 3.05) is 26.3 Å². The van der Waals surface area contributed by atoms with Crippen LogP contribution in [0.15, 0.2) is 28.1 Å². The maximum Gasteiger partial charge on any atom is 0.286 e. The van der Waals surface area contributed by atoms with Gasteiger partial charge in [-0.2, -0.15) is 4.99 Å². The predicted octanol–water partition coefficient (Wildman–Crippen LogP) is 0.971. The number of benzene rings is 1. The van der Waals surface area contributed by atoms with Crippen molar-refractivity contribution in [3.63, 3.8) is 0 Å². The van der Waals surface area contributed by atoms with Crippen LogP contribution in [-0.4, -0.2) is 47.2 Å². The number of nitro benzene ring substituents is 1. The summed E-state index contributed by atoms with van der Waals surface area (Å²) in [5.74, 6) is -0.821. The molecule has 0 saturated carbocycles. The molecule has 0 N–H and O–H groups in total. The molecule has 0 unspecified atom stereocenters. The third-order valence-corrected chi connectivity index (χ3v) is 4.43. The van der Waals surface area contributed by atoms with E-state index in [0.717, 1.165) is 18.2 Å². The molecule has 0 aromatic heterocycles. The third kappa shape index (κ3) is 3.35. The molecule has 0 bridgehead atoms. The molecular formula is C14H12N3O5S-. The molecule has 1 aromatic rings. The number of ether oxygens (including phenoxy) is 1. The minimum absolute atomic E-state index is 0.105. The zero-order valence-electron chi connectivity index (χ0n) is 11.9. The lowest BCUT2D eigenvalue weighted by molar-refractivity contribution is -0.385. The lowest BCUT2D eigenvalue weighted by atomic mass is 10.1. The predicted molar refractivity (Wildman–Crippen MR) is 82.9 cm³/mol. The van der Waals surface area contributed by atoms with Gasteiger partial charge in [0, 0.05) is 25.2 Å². The van der Waals surface area contributed by atoms with Crippen molar-refractivity contribution in [2.45, 2.75) is 0 Å². The molecule has 2 aliphatic heterocycles. The second-order valence-electron chi connectivity index (χ2n) is 4.89. The van der Waals surface area contributed by atoms with Crippen molar-refractivity contribution >= 4 is 34.6 Å². The Labute approximate surface area is 135 Å². The van der Waals surface area contributed by atoms with Crippen molar-refractivity contribution in [3.8, 4) is 5.75 Å². The highest BCUT2D eigenvalue weighted by molar-refractivity contribution is 8.18. The number of thioether (sulfide) groups is 1. The zero-order chi connectivity index (χ0) is 16.4. The number of carbonyl (C=O) groups excluding carboxylic acids is 1. The van der Waals surface area contributed by atoms with E-state index in [-0.39, 0.29) is 21.9 Å². The maximum atomic E-state index is 12.0. The number of amidine groups is 1. The zero-order valence-corrected chi connectivity index (χ0v) is 12.7. The molecule has 1 saturated heterocycles. The van der Waals surface area contributed by atoms with Gasteiger partial charge in [-0.1, -0.05) is 6.07 Å². The number of hydrogen-bond acceptors (Lipinski definition) is 7. The van der Waals surface area contributed by atoms with Crippen LogP contribution in [0.25, 0.3) is 6.08 Å². The number of amides is 1. The highest BCUT2D eigenvalue weighted by atomic mass is 32.2. The van der Waals surface area contributed by atoms with Crippen LogP contribution in [0.5, 0.6) is 5.75 Å². The normalized spacial score (nSPS) is 20.0. The highest BCUT2D eigenvalue weighted by Crippen LogP contribution is 2.32. The molecule has 1 aromatic carbocycles. The molecule has 2 heterocycles. The smallest absolute Gasteiger partial charge is 0.286 e. The first-order valence-electron chi connectivity index (χ1n) is 6.85. The SMILES string of the molecule is O=C1N=C(N2CCOCC2)S/C1=C/c1cc([N+](=O)[O-])ccc1[O-]. The number of nitro groups is 1. The van der Waals surface area contributed by atoms with Gasteiger partial charge in [0.15, 0.2) is 5.17 Å². The number of non-ortho nitro benzene ring substituents is 1. The van der Waals surface area contributed by atoms with Crippen molar-refractivity contribution in [1.82, 2.24) is 4.90 Å². The van der Waals surface area contributed by atoms with Gasteiger partial charge in [-0.15, -0.1) is 5.75 Å². The fourth-order valence-corrected chi connectivity index (χ4v) is 3.15. The van der Waals surface area contributed by atoms with Gasteiger partial charge < -0.3 is 14.7 Å². The minimum atomic E-state index is -0.583. The first-order chi connectivity index (χ1) is 11.0. The Balaban J connectivity index is 1.83. The van der Waals surface area contributed by atoms with E-state index < -0.39 is 10.8 Å². The molecule has 1 fully saturated rings. The molecule has 3 rings (SSSR count). The fraction of sp³-hybridized carbons (Fsp3) is 0.286. The second kappa shape index (κ2) is 6.39. The average molecular weight is 334 g/mol. The molecule has 8 nitrogen and oxygen atoms in total. The summed E-state index contributed by atoms with van der Waals surface area (Å²) in [7, 11) is 0. The summed E-state index contributed by atoms with van der Waals surface area (Å²) >= 11 is 1.17. The average Bonchev–Trinajstić information content (AvgIpc) is 2.91. The fourth-order valence-electron chi connectivity index (χ4n) is 2.19. The first kappa shape index (κ1) is 15.5. The van der Waals surface area contributed by atoms with Gasteiger partial charge >= 0.3 is 0 Å². The van der Waals surface area contributed by atoms with Gasteiger partial charge in [0.25, 0.3) is 11.6 Å². The second-order valence-corrected chi connectivity index (χ2v) is 5.90. The summed E-state index contributed by atoms with van der Waals surface area (Å²) in [6.07, 6.45) is 1.36. The summed E-state index contributed by atoms with van der Waals surface area (Å²) in [6, 6.07) is 3.43. The van der Waals surface area contributed by atoms with Crippen LogP contribution in [0.1, 0.15) is 5.56 Å². The van der Waals surface area contributed by atoms with Crippen molar-refractivity contribution in [2.24, 2.45) is 4.99 Å². The van der Waals surface area contributed by atoms with Crippen LogP contribution >= 0.6 is 11.8 Å². The lowest BCUT2D eigenvalue weighted by Crippen LogP contribution is -2.38. The van der Waals surface area contributed by atoms with Crippen LogP contribution in [0.3, 0.4) is 0 Å². The van der Waals surface area contributed by atoms with Gasteiger partial charge in [0.2, 0.25) is 0 Å². The Morgan fingerprint density at radius 3 is 2.78 bits per heavy atom. The molecule has 23 heavy (non-hydrogen) atoms. The van der Waals surface area contributed by atoms with Gasteiger partial charge in [-0.25, -0.2) is 0 Å². The van der Waals surface area contributed by atoms with E-state index in [1.807, 2.05) is 4.90 Å². The van der Waals surface area contributed by atoms with E-state index >= 15 is 0 Å². The van der Waals surface area contributed by atoms with Crippen LogP contribution in [0.2, 0.25) is 0 Å². The molecule has 0 radical (unpaired) electrons. The molecular weight excluding hydrogens is 322 g/mol. The van der Waals surface area contributed by atoms with Crippen LogP contribution in [0, 0.1) is 10.1 Å². The monoisotopic (exact) mass is 334 g/mol. The van der Waals surface area contributed by atoms with E-state index in [2.05, 4.69) is 4.99 Å². The molecule has 0 spiro atoms. The third-order valence-electron chi connectivity index (χ3n) is 3.38. The van der Waals surface area contributed by atoms with Crippen LogP contribution < -0.4 is 5.11 Å². The summed E-state index contributed by atoms with van der Waals surface area (Å²) in [6.45, 7) is 2.44. The Bertz CT molecular complexity index is 725. The Morgan fingerprint density at radius 2 is 2.09 bits per heavy atom. The molecule has 2 aliphatic rings. The Hall–Kier alpha value is -2.39. The van der Waals surface area contributed by atoms with Gasteiger partial charge in [-0.05, 0) is 23.4 Å². The summed E-state index contributed by atoms with van der Waals surface area (Å²) in [4.78, 5) is 28.4. The van der Waals surface area contributed by atoms with Crippen molar-refractivity contribution in [1.29, 1.82) is 0 Å². The standard InChI is InChI=1S/C14H13N3O5S/c18-11-2-1-10(17(20)21)7-9(11)8-12-13(19)15-14(23-12)16-3-5-22-6-4-16/h1-2,7-8,18H,3-6H2/p-1/b12-8+. The number of hydrogen-bond donors (Lipinski definition) is 0. The van der Waals surface area contributed by atoms with Crippen molar-refractivity contribution < 1.29 is 19.6 Å². The molecule has 1 amide bonds. The lowest BCUT2D eigenvalue weighted by Gasteiger charge is -2.27. The highest BCUT2D eigenvalue weighted by Gasteiger charge is 2.27. The molecule has 120 valence electrons. The molecule has 0 atom stereocenters.